The van der Waals surface area contributed by atoms with Crippen molar-refractivity contribution in [2.45, 2.75) is 50.4 Å². The van der Waals surface area contributed by atoms with Crippen molar-refractivity contribution in [2.75, 3.05) is 13.2 Å². The normalized spacial score (nSPS) is 27.2. The number of ether oxygens (including phenoxy) is 3. The Labute approximate surface area is 188 Å². The van der Waals surface area contributed by atoms with E-state index in [0.717, 1.165) is 31.4 Å². The van der Waals surface area contributed by atoms with Gasteiger partial charge in [-0.1, -0.05) is 43.2 Å². The molecule has 2 aromatic rings. The first-order chi connectivity index (χ1) is 15.7. The fourth-order valence-corrected chi connectivity index (χ4v) is 5.08. The Morgan fingerprint density at radius 3 is 2.47 bits per heavy atom. The van der Waals surface area contributed by atoms with E-state index in [-0.39, 0.29) is 41.8 Å². The monoisotopic (exact) mass is 435 g/mol. The van der Waals surface area contributed by atoms with Crippen LogP contribution in [0.3, 0.4) is 0 Å². The SMILES string of the molecule is O=C(C[C@H]1CO[C@H]2[C@@H]1OC[C@@H]2NC(=O)C1CCCC1)c1cccc(Oc2ccccc2)c1. The molecule has 0 unspecified atom stereocenters. The lowest BCUT2D eigenvalue weighted by Crippen LogP contribution is -2.46. The summed E-state index contributed by atoms with van der Waals surface area (Å²) in [6, 6.07) is 16.6. The predicted molar refractivity (Wildman–Crippen MR) is 119 cm³/mol. The van der Waals surface area contributed by atoms with E-state index in [9.17, 15) is 9.59 Å². The number of fused-ring (bicyclic) bond motifs is 1. The van der Waals surface area contributed by atoms with Gasteiger partial charge >= 0.3 is 0 Å². The van der Waals surface area contributed by atoms with Crippen LogP contribution in [0.4, 0.5) is 0 Å². The van der Waals surface area contributed by atoms with E-state index in [1.54, 1.807) is 6.07 Å². The first-order valence-corrected chi connectivity index (χ1v) is 11.6. The highest BCUT2D eigenvalue weighted by atomic mass is 16.6. The maximum atomic E-state index is 13.0. The molecule has 2 aromatic carbocycles. The van der Waals surface area contributed by atoms with Crippen LogP contribution in [0.2, 0.25) is 0 Å². The quantitative estimate of drug-likeness (QED) is 0.662. The Morgan fingerprint density at radius 2 is 1.66 bits per heavy atom. The highest BCUT2D eigenvalue weighted by molar-refractivity contribution is 5.96. The van der Waals surface area contributed by atoms with Gasteiger partial charge in [0.25, 0.3) is 0 Å². The van der Waals surface area contributed by atoms with Crippen molar-refractivity contribution in [3.8, 4) is 11.5 Å². The topological polar surface area (TPSA) is 73.9 Å². The zero-order valence-corrected chi connectivity index (χ0v) is 18.1. The van der Waals surface area contributed by atoms with Crippen LogP contribution in [-0.2, 0) is 14.3 Å². The molecule has 2 aliphatic heterocycles. The number of nitrogens with one attached hydrogen (secondary N) is 1. The molecule has 0 spiro atoms. The summed E-state index contributed by atoms with van der Waals surface area (Å²) in [6.07, 6.45) is 4.21. The molecule has 32 heavy (non-hydrogen) atoms. The number of ketones is 1. The summed E-state index contributed by atoms with van der Waals surface area (Å²) in [5.41, 5.74) is 0.617. The molecule has 3 aliphatic rings. The number of carbonyl (C=O) groups is 2. The van der Waals surface area contributed by atoms with E-state index in [2.05, 4.69) is 5.32 Å². The van der Waals surface area contributed by atoms with E-state index >= 15 is 0 Å². The zero-order chi connectivity index (χ0) is 21.9. The van der Waals surface area contributed by atoms with Crippen molar-refractivity contribution in [3.05, 3.63) is 60.2 Å². The second-order valence-corrected chi connectivity index (χ2v) is 9.02. The van der Waals surface area contributed by atoms with Gasteiger partial charge in [0.1, 0.15) is 17.6 Å². The minimum absolute atomic E-state index is 0.0143. The Morgan fingerprint density at radius 1 is 0.906 bits per heavy atom. The minimum Gasteiger partial charge on any atom is -0.457 e. The number of Topliss-reactive ketones (excluding diaryl/α,β-unsaturated/α-hetero) is 1. The van der Waals surface area contributed by atoms with Crippen LogP contribution in [0.25, 0.3) is 0 Å². The molecule has 4 atom stereocenters. The van der Waals surface area contributed by atoms with Crippen LogP contribution in [0.5, 0.6) is 11.5 Å². The van der Waals surface area contributed by atoms with Crippen LogP contribution in [-0.4, -0.2) is 43.2 Å². The van der Waals surface area contributed by atoms with E-state index < -0.39 is 0 Å². The van der Waals surface area contributed by atoms with Crippen LogP contribution in [0.15, 0.2) is 54.6 Å². The Balaban J connectivity index is 1.18. The maximum Gasteiger partial charge on any atom is 0.223 e. The third kappa shape index (κ3) is 4.57. The molecular formula is C26H29NO5. The number of hydrogen-bond donors (Lipinski definition) is 1. The van der Waals surface area contributed by atoms with Gasteiger partial charge in [-0.2, -0.15) is 0 Å². The van der Waals surface area contributed by atoms with Gasteiger partial charge in [0, 0.05) is 23.8 Å². The van der Waals surface area contributed by atoms with Crippen molar-refractivity contribution in [1.29, 1.82) is 0 Å². The number of benzene rings is 2. The van der Waals surface area contributed by atoms with Crippen LogP contribution in [0, 0.1) is 11.8 Å². The Kier molecular flexibility index (Phi) is 6.23. The number of hydrogen-bond acceptors (Lipinski definition) is 5. The molecule has 5 rings (SSSR count). The lowest BCUT2D eigenvalue weighted by Gasteiger charge is -2.20. The second-order valence-electron chi connectivity index (χ2n) is 9.02. The molecule has 2 heterocycles. The Bertz CT molecular complexity index is 956. The van der Waals surface area contributed by atoms with E-state index in [1.165, 1.54) is 0 Å². The van der Waals surface area contributed by atoms with Crippen molar-refractivity contribution < 1.29 is 23.8 Å². The lowest BCUT2D eigenvalue weighted by molar-refractivity contribution is -0.126. The third-order valence-electron chi connectivity index (χ3n) is 6.79. The summed E-state index contributed by atoms with van der Waals surface area (Å²) in [4.78, 5) is 25.5. The molecule has 6 heteroatoms. The average Bonchev–Trinajstić information content (AvgIpc) is 3.55. The van der Waals surface area contributed by atoms with Gasteiger partial charge in [0.2, 0.25) is 5.91 Å². The summed E-state index contributed by atoms with van der Waals surface area (Å²) >= 11 is 0. The average molecular weight is 436 g/mol. The van der Waals surface area contributed by atoms with Gasteiger partial charge < -0.3 is 19.5 Å². The molecule has 1 aliphatic carbocycles. The molecule has 6 nitrogen and oxygen atoms in total. The first kappa shape index (κ1) is 21.2. The van der Waals surface area contributed by atoms with Crippen molar-refractivity contribution >= 4 is 11.7 Å². The highest BCUT2D eigenvalue weighted by Gasteiger charge is 2.48. The molecule has 1 N–H and O–H groups in total. The van der Waals surface area contributed by atoms with E-state index in [4.69, 9.17) is 14.2 Å². The zero-order valence-electron chi connectivity index (χ0n) is 18.1. The fourth-order valence-electron chi connectivity index (χ4n) is 5.08. The van der Waals surface area contributed by atoms with E-state index in [1.807, 2.05) is 48.5 Å². The van der Waals surface area contributed by atoms with Crippen LogP contribution < -0.4 is 10.1 Å². The molecule has 0 aromatic heterocycles. The van der Waals surface area contributed by atoms with Gasteiger partial charge in [-0.25, -0.2) is 0 Å². The van der Waals surface area contributed by atoms with Gasteiger partial charge in [0.05, 0.1) is 25.4 Å². The van der Waals surface area contributed by atoms with Gasteiger partial charge in [0.15, 0.2) is 5.78 Å². The fraction of sp³-hybridized carbons (Fsp3) is 0.462. The summed E-state index contributed by atoms with van der Waals surface area (Å²) < 4.78 is 17.8. The number of rotatable bonds is 7. The second kappa shape index (κ2) is 9.43. The van der Waals surface area contributed by atoms with Crippen LogP contribution >= 0.6 is 0 Å². The summed E-state index contributed by atoms with van der Waals surface area (Å²) in [5, 5.41) is 3.14. The standard InChI is InChI=1S/C26H29NO5/c28-23(18-9-6-12-21(13-18)32-20-10-2-1-3-11-20)14-19-15-30-25-22(16-31-24(19)25)27-26(29)17-7-4-5-8-17/h1-3,6,9-13,17,19,22,24-25H,4-5,7-8,14-16H2,(H,27,29)/t19-,22-,24+,25+/m0/s1. The molecule has 1 amide bonds. The molecule has 168 valence electrons. The number of amides is 1. The van der Waals surface area contributed by atoms with Gasteiger partial charge in [-0.15, -0.1) is 0 Å². The minimum atomic E-state index is -0.175. The molecule has 0 radical (unpaired) electrons. The van der Waals surface area contributed by atoms with E-state index in [0.29, 0.717) is 30.9 Å². The first-order valence-electron chi connectivity index (χ1n) is 11.6. The Hall–Kier alpha value is -2.70. The predicted octanol–water partition coefficient (Wildman–Crippen LogP) is 4.14. The largest absolute Gasteiger partial charge is 0.457 e. The molecular weight excluding hydrogens is 406 g/mol. The highest BCUT2D eigenvalue weighted by Crippen LogP contribution is 2.35. The van der Waals surface area contributed by atoms with Gasteiger partial charge in [-0.3, -0.25) is 9.59 Å². The lowest BCUT2D eigenvalue weighted by atomic mass is 9.92. The van der Waals surface area contributed by atoms with Crippen LogP contribution in [0.1, 0.15) is 42.5 Å². The summed E-state index contributed by atoms with van der Waals surface area (Å²) in [6.45, 7) is 0.913. The van der Waals surface area contributed by atoms with Crippen molar-refractivity contribution in [1.82, 2.24) is 5.32 Å². The maximum absolute atomic E-state index is 13.0. The number of para-hydroxylation sites is 1. The third-order valence-corrected chi connectivity index (χ3v) is 6.79. The molecule has 3 fully saturated rings. The molecule has 0 bridgehead atoms. The van der Waals surface area contributed by atoms with Gasteiger partial charge in [-0.05, 0) is 37.1 Å². The summed E-state index contributed by atoms with van der Waals surface area (Å²) in [5.74, 6) is 1.64. The van der Waals surface area contributed by atoms with Crippen molar-refractivity contribution in [3.63, 3.8) is 0 Å². The molecule has 1 saturated carbocycles. The smallest absolute Gasteiger partial charge is 0.223 e. The molecule has 2 saturated heterocycles. The van der Waals surface area contributed by atoms with Crippen molar-refractivity contribution in [2.24, 2.45) is 11.8 Å². The number of carbonyl (C=O) groups excluding carboxylic acids is 2. The summed E-state index contributed by atoms with van der Waals surface area (Å²) in [7, 11) is 0.